The maximum atomic E-state index is 7.62. The number of rotatable bonds is 1. The Morgan fingerprint density at radius 2 is 1.12 bits per heavy atom. The van der Waals surface area contributed by atoms with Crippen molar-refractivity contribution in [1.29, 1.82) is 0 Å². The van der Waals surface area contributed by atoms with Crippen LogP contribution in [0.15, 0.2) is 0 Å². The van der Waals surface area contributed by atoms with Crippen molar-refractivity contribution in [3.8, 4) is 0 Å². The molecule has 0 aliphatic heterocycles. The zero-order valence-corrected chi connectivity index (χ0v) is 8.18. The fraction of sp³-hybridized carbons (Fsp3) is 1.00. The third-order valence-corrected chi connectivity index (χ3v) is 0.1000. The molecule has 0 saturated carbocycles. The number of aliphatic hydroxyl groups excluding tert-OH is 2. The second kappa shape index (κ2) is 11.3. The van der Waals surface area contributed by atoms with E-state index < -0.39 is 15.2 Å². The molecule has 6 heteroatoms. The maximum absolute atomic E-state index is 7.62. The third kappa shape index (κ3) is 50.2. The van der Waals surface area contributed by atoms with Gasteiger partial charge in [-0.15, -0.1) is 0 Å². The Bertz CT molecular complexity index is 31.7. The summed E-state index contributed by atoms with van der Waals surface area (Å²) in [6, 6.07) is 0. The van der Waals surface area contributed by atoms with E-state index in [4.69, 9.17) is 37.8 Å². The first-order chi connectivity index (χ1) is 3.65. The molecule has 8 heavy (non-hydrogen) atoms. The van der Waals surface area contributed by atoms with E-state index in [2.05, 4.69) is 0 Å². The summed E-state index contributed by atoms with van der Waals surface area (Å²) in [6.45, 7) is -0.250. The summed E-state index contributed by atoms with van der Waals surface area (Å²) in [5, 5.41) is 15.2. The van der Waals surface area contributed by atoms with Crippen molar-refractivity contribution < 1.29 is 25.4 Å². The molecule has 0 spiro atoms. The van der Waals surface area contributed by atoms with Crippen LogP contribution in [0.4, 0.5) is 0 Å². The molecular formula is C2H6AuCl3O2. The van der Waals surface area contributed by atoms with Crippen LogP contribution >= 0.6 is 27.6 Å². The second-order valence-electron chi connectivity index (χ2n) is 0.576. The normalized spacial score (nSPS) is 9.38. The molecule has 0 aromatic rings. The van der Waals surface area contributed by atoms with E-state index in [0.717, 1.165) is 0 Å². The third-order valence-electron chi connectivity index (χ3n) is 0.1000. The van der Waals surface area contributed by atoms with E-state index in [0.29, 0.717) is 0 Å². The van der Waals surface area contributed by atoms with Crippen LogP contribution in [0.25, 0.3) is 0 Å². The predicted molar refractivity (Wildman–Crippen MR) is 31.7 cm³/mol. The Labute approximate surface area is 66.0 Å². The van der Waals surface area contributed by atoms with Crippen molar-refractivity contribution in [2.45, 2.75) is 0 Å². The van der Waals surface area contributed by atoms with Gasteiger partial charge in [-0.05, 0) is 0 Å². The van der Waals surface area contributed by atoms with Gasteiger partial charge in [0, 0.05) is 0 Å². The Balaban J connectivity index is 0. The van der Waals surface area contributed by atoms with Gasteiger partial charge >= 0.3 is 42.8 Å². The zero-order chi connectivity index (χ0) is 6.99. The fourth-order valence-electron chi connectivity index (χ4n) is 0. The molecule has 0 unspecified atom stereocenters. The quantitative estimate of drug-likeness (QED) is 0.682. The summed E-state index contributed by atoms with van der Waals surface area (Å²) < 4.78 is 0. The van der Waals surface area contributed by atoms with Gasteiger partial charge in [0.1, 0.15) is 0 Å². The Kier molecular flexibility index (Phi) is 17.3. The van der Waals surface area contributed by atoms with Crippen LogP contribution in [-0.4, -0.2) is 23.4 Å². The van der Waals surface area contributed by atoms with Crippen molar-refractivity contribution >= 4 is 27.6 Å². The zero-order valence-electron chi connectivity index (χ0n) is 3.74. The monoisotopic (exact) mass is 364 g/mol. The summed E-state index contributed by atoms with van der Waals surface area (Å²) in [5.41, 5.74) is 0. The second-order valence-corrected chi connectivity index (χ2v) is 9.97. The molecule has 2 N–H and O–H groups in total. The van der Waals surface area contributed by atoms with Gasteiger partial charge in [-0.1, -0.05) is 0 Å². The van der Waals surface area contributed by atoms with Crippen LogP contribution < -0.4 is 0 Å². The van der Waals surface area contributed by atoms with Crippen LogP contribution in [0.2, 0.25) is 0 Å². The first-order valence-corrected chi connectivity index (χ1v) is 9.53. The Morgan fingerprint density at radius 3 is 1.12 bits per heavy atom. The molecular weight excluding hydrogens is 359 g/mol. The van der Waals surface area contributed by atoms with Crippen molar-refractivity contribution in [3.63, 3.8) is 0 Å². The minimum absolute atomic E-state index is 0.125. The van der Waals surface area contributed by atoms with Crippen molar-refractivity contribution in [3.05, 3.63) is 0 Å². The summed E-state index contributed by atoms with van der Waals surface area (Å²) >= 11 is -1.79. The molecule has 0 aliphatic carbocycles. The van der Waals surface area contributed by atoms with Gasteiger partial charge in [-0.3, -0.25) is 0 Å². The van der Waals surface area contributed by atoms with Gasteiger partial charge in [-0.25, -0.2) is 0 Å². The van der Waals surface area contributed by atoms with Crippen LogP contribution in [-0.2, 0) is 15.2 Å². The fourth-order valence-corrected chi connectivity index (χ4v) is 0. The summed E-state index contributed by atoms with van der Waals surface area (Å²) in [7, 11) is 14.9. The minimum atomic E-state index is -1.79. The average Bonchev–Trinajstić information content (AvgIpc) is 1.65. The molecule has 0 aromatic heterocycles. The average molecular weight is 365 g/mol. The van der Waals surface area contributed by atoms with Crippen LogP contribution in [0.3, 0.4) is 0 Å². The van der Waals surface area contributed by atoms with Crippen molar-refractivity contribution in [2.24, 2.45) is 0 Å². The molecule has 0 heterocycles. The standard InChI is InChI=1S/C2H6O2.Au.3ClH/c3-1-2-4;;;;/h3-4H,1-2H2;;3*1H/q;+3;;;/p-3. The van der Waals surface area contributed by atoms with E-state index in [9.17, 15) is 0 Å². The SMILES string of the molecule is OCCO.[Cl][Au]([Cl])[Cl]. The van der Waals surface area contributed by atoms with Gasteiger partial charge in [0.25, 0.3) is 0 Å². The first kappa shape index (κ1) is 12.2. The first-order valence-electron chi connectivity index (χ1n) is 1.47. The number of halogens is 3. The number of hydrogen-bond acceptors (Lipinski definition) is 2. The van der Waals surface area contributed by atoms with Crippen LogP contribution in [0.5, 0.6) is 0 Å². The molecule has 0 bridgehead atoms. The Hall–Kier alpha value is 1.53. The molecule has 0 amide bonds. The van der Waals surface area contributed by atoms with Crippen LogP contribution in [0, 0.1) is 0 Å². The van der Waals surface area contributed by atoms with E-state index in [-0.39, 0.29) is 13.2 Å². The number of hydrogen-bond donors (Lipinski definition) is 2. The molecule has 0 atom stereocenters. The topological polar surface area (TPSA) is 40.5 Å². The summed E-state index contributed by atoms with van der Waals surface area (Å²) in [5.74, 6) is 0. The molecule has 0 rings (SSSR count). The molecule has 0 aliphatic rings. The molecule has 0 aromatic carbocycles. The van der Waals surface area contributed by atoms with Crippen molar-refractivity contribution in [1.82, 2.24) is 0 Å². The molecule has 0 fully saturated rings. The van der Waals surface area contributed by atoms with Crippen molar-refractivity contribution in [2.75, 3.05) is 13.2 Å². The number of aliphatic hydroxyl groups is 2. The molecule has 58 valence electrons. The van der Waals surface area contributed by atoms with Gasteiger partial charge in [-0.2, -0.15) is 0 Å². The molecule has 0 radical (unpaired) electrons. The summed E-state index contributed by atoms with van der Waals surface area (Å²) in [4.78, 5) is 0. The van der Waals surface area contributed by atoms with Gasteiger partial charge in [0.2, 0.25) is 0 Å². The summed E-state index contributed by atoms with van der Waals surface area (Å²) in [6.07, 6.45) is 0. The van der Waals surface area contributed by atoms with Gasteiger partial charge in [0.15, 0.2) is 0 Å². The van der Waals surface area contributed by atoms with Gasteiger partial charge < -0.3 is 10.2 Å². The molecule has 2 nitrogen and oxygen atoms in total. The van der Waals surface area contributed by atoms with E-state index in [1.807, 2.05) is 0 Å². The van der Waals surface area contributed by atoms with Gasteiger partial charge in [0.05, 0.1) is 13.2 Å². The van der Waals surface area contributed by atoms with Crippen LogP contribution in [0.1, 0.15) is 0 Å². The van der Waals surface area contributed by atoms with E-state index in [1.54, 1.807) is 0 Å². The van der Waals surface area contributed by atoms with E-state index in [1.165, 1.54) is 0 Å². The predicted octanol–water partition coefficient (Wildman–Crippen LogP) is 1.04. The molecule has 0 saturated heterocycles. The Morgan fingerprint density at radius 1 is 1.00 bits per heavy atom. The van der Waals surface area contributed by atoms with E-state index >= 15 is 0 Å².